The third-order valence-corrected chi connectivity index (χ3v) is 7.43. The second kappa shape index (κ2) is 7.04. The molecule has 1 aliphatic carbocycles. The van der Waals surface area contributed by atoms with Crippen molar-refractivity contribution in [1.29, 1.82) is 0 Å². The summed E-state index contributed by atoms with van der Waals surface area (Å²) >= 11 is 0. The molecule has 4 rings (SSSR count). The van der Waals surface area contributed by atoms with Crippen molar-refractivity contribution in [3.05, 3.63) is 18.2 Å². The smallest absolute Gasteiger partial charge is 0.250 e. The molecule has 0 spiro atoms. The van der Waals surface area contributed by atoms with E-state index >= 15 is 0 Å². The van der Waals surface area contributed by atoms with E-state index in [-0.39, 0.29) is 35.3 Å². The third kappa shape index (κ3) is 3.37. The molecule has 8 nitrogen and oxygen atoms in total. The largest absolute Gasteiger partial charge is 0.358 e. The molecule has 0 aromatic heterocycles. The number of amides is 2. The molecular formula is C19H26N4O4S. The lowest BCUT2D eigenvalue weighted by Gasteiger charge is -2.45. The Morgan fingerprint density at radius 2 is 1.93 bits per heavy atom. The van der Waals surface area contributed by atoms with Gasteiger partial charge in [-0.05, 0) is 50.3 Å². The number of benzene rings is 1. The summed E-state index contributed by atoms with van der Waals surface area (Å²) in [7, 11) is -0.694. The highest BCUT2D eigenvalue weighted by Gasteiger charge is 2.41. The SMILES string of the molecule is CN(C)S(=O)(=O)c1ccc2c(c1)N(CC(=O)NC1CC1)C(=O)C1CCCCN21. The van der Waals surface area contributed by atoms with Crippen LogP contribution in [0.25, 0.3) is 0 Å². The fourth-order valence-electron chi connectivity index (χ4n) is 3.92. The molecule has 1 aromatic rings. The van der Waals surface area contributed by atoms with Crippen molar-refractivity contribution in [3.8, 4) is 0 Å². The van der Waals surface area contributed by atoms with Crippen molar-refractivity contribution in [2.45, 2.75) is 49.1 Å². The fourth-order valence-corrected chi connectivity index (χ4v) is 4.84. The standard InChI is InChI=1S/C19H26N4O4S/c1-21(2)28(26,27)14-8-9-15-17(11-14)23(12-18(24)20-13-6-7-13)19(25)16-5-3-4-10-22(15)16/h8-9,11,13,16H,3-7,10,12H2,1-2H3,(H,20,24). The van der Waals surface area contributed by atoms with E-state index in [1.54, 1.807) is 12.1 Å². The summed E-state index contributed by atoms with van der Waals surface area (Å²) in [5.41, 5.74) is 1.32. The zero-order chi connectivity index (χ0) is 20.1. The van der Waals surface area contributed by atoms with Gasteiger partial charge in [-0.25, -0.2) is 12.7 Å². The van der Waals surface area contributed by atoms with E-state index in [9.17, 15) is 18.0 Å². The molecule has 2 heterocycles. The molecule has 2 fully saturated rings. The number of piperidine rings is 1. The number of nitrogens with zero attached hydrogens (tertiary/aromatic N) is 3. The predicted molar refractivity (Wildman–Crippen MR) is 106 cm³/mol. The monoisotopic (exact) mass is 406 g/mol. The molecule has 1 saturated carbocycles. The molecule has 1 N–H and O–H groups in total. The van der Waals surface area contributed by atoms with Crippen LogP contribution in [0.2, 0.25) is 0 Å². The van der Waals surface area contributed by atoms with E-state index in [0.29, 0.717) is 5.69 Å². The van der Waals surface area contributed by atoms with Crippen LogP contribution in [-0.2, 0) is 19.6 Å². The van der Waals surface area contributed by atoms with Gasteiger partial charge < -0.3 is 10.2 Å². The topological polar surface area (TPSA) is 90.0 Å². The molecule has 1 atom stereocenters. The molecule has 1 aromatic carbocycles. The Balaban J connectivity index is 1.75. The van der Waals surface area contributed by atoms with Crippen molar-refractivity contribution in [1.82, 2.24) is 9.62 Å². The van der Waals surface area contributed by atoms with Crippen LogP contribution in [0.15, 0.2) is 23.1 Å². The number of nitrogens with one attached hydrogen (secondary N) is 1. The average molecular weight is 407 g/mol. The first kappa shape index (κ1) is 19.2. The number of hydrogen-bond acceptors (Lipinski definition) is 5. The van der Waals surface area contributed by atoms with Crippen LogP contribution in [0.3, 0.4) is 0 Å². The number of fused-ring (bicyclic) bond motifs is 3. The summed E-state index contributed by atoms with van der Waals surface area (Å²) < 4.78 is 26.3. The van der Waals surface area contributed by atoms with Crippen LogP contribution < -0.4 is 15.1 Å². The minimum absolute atomic E-state index is 0.0852. The van der Waals surface area contributed by atoms with Crippen molar-refractivity contribution in [2.75, 3.05) is 37.0 Å². The Bertz CT molecular complexity index is 911. The Labute approximate surface area is 165 Å². The van der Waals surface area contributed by atoms with E-state index in [2.05, 4.69) is 10.2 Å². The van der Waals surface area contributed by atoms with Gasteiger partial charge in [-0.1, -0.05) is 0 Å². The zero-order valence-corrected chi connectivity index (χ0v) is 17.0. The molecule has 28 heavy (non-hydrogen) atoms. The second-order valence-electron chi connectivity index (χ2n) is 7.91. The molecule has 0 bridgehead atoms. The maximum Gasteiger partial charge on any atom is 0.250 e. The number of carbonyl (C=O) groups excluding carboxylic acids is 2. The molecule has 1 unspecified atom stereocenters. The summed E-state index contributed by atoms with van der Waals surface area (Å²) in [5.74, 6) is -0.329. The van der Waals surface area contributed by atoms with Gasteiger partial charge in [0.2, 0.25) is 21.8 Å². The van der Waals surface area contributed by atoms with Crippen LogP contribution in [-0.4, -0.2) is 63.8 Å². The molecule has 2 aliphatic heterocycles. The van der Waals surface area contributed by atoms with Crippen molar-refractivity contribution in [2.24, 2.45) is 0 Å². The third-order valence-electron chi connectivity index (χ3n) is 5.62. The molecule has 2 amide bonds. The van der Waals surface area contributed by atoms with E-state index in [0.717, 1.165) is 48.6 Å². The van der Waals surface area contributed by atoms with Gasteiger partial charge in [0.1, 0.15) is 12.6 Å². The van der Waals surface area contributed by atoms with Crippen LogP contribution in [0.5, 0.6) is 0 Å². The summed E-state index contributed by atoms with van der Waals surface area (Å²) in [6.45, 7) is 0.670. The lowest BCUT2D eigenvalue weighted by molar-refractivity contribution is -0.125. The normalized spacial score (nSPS) is 22.1. The first-order valence-corrected chi connectivity index (χ1v) is 11.2. The summed E-state index contributed by atoms with van der Waals surface area (Å²) in [5, 5.41) is 2.91. The molecule has 152 valence electrons. The van der Waals surface area contributed by atoms with Crippen LogP contribution in [0.1, 0.15) is 32.1 Å². The number of carbonyl (C=O) groups is 2. The lowest BCUT2D eigenvalue weighted by atomic mass is 9.96. The van der Waals surface area contributed by atoms with E-state index < -0.39 is 10.0 Å². The maximum atomic E-state index is 13.2. The Hall–Kier alpha value is -2.13. The number of sulfonamides is 1. The van der Waals surface area contributed by atoms with Gasteiger partial charge >= 0.3 is 0 Å². The number of hydrogen-bond donors (Lipinski definition) is 1. The average Bonchev–Trinajstić information content (AvgIpc) is 3.48. The molecule has 1 saturated heterocycles. The van der Waals surface area contributed by atoms with Crippen LogP contribution in [0, 0.1) is 0 Å². The summed E-state index contributed by atoms with van der Waals surface area (Å²) in [4.78, 5) is 29.3. The Kier molecular flexibility index (Phi) is 4.83. The van der Waals surface area contributed by atoms with Gasteiger partial charge in [-0.3, -0.25) is 14.5 Å². The zero-order valence-electron chi connectivity index (χ0n) is 16.2. The summed E-state index contributed by atoms with van der Waals surface area (Å²) in [6, 6.07) is 4.79. The van der Waals surface area contributed by atoms with Gasteiger partial charge in [0.05, 0.1) is 16.3 Å². The molecular weight excluding hydrogens is 380 g/mol. The van der Waals surface area contributed by atoms with E-state index in [1.807, 2.05) is 0 Å². The number of anilines is 2. The van der Waals surface area contributed by atoms with E-state index in [1.165, 1.54) is 25.1 Å². The van der Waals surface area contributed by atoms with Gasteiger partial charge in [-0.2, -0.15) is 0 Å². The fraction of sp³-hybridized carbons (Fsp3) is 0.579. The first-order chi connectivity index (χ1) is 13.3. The first-order valence-electron chi connectivity index (χ1n) is 9.73. The molecule has 9 heteroatoms. The van der Waals surface area contributed by atoms with Gasteiger partial charge in [-0.15, -0.1) is 0 Å². The highest BCUT2D eigenvalue weighted by Crippen LogP contribution is 2.40. The maximum absolute atomic E-state index is 13.2. The van der Waals surface area contributed by atoms with Crippen molar-refractivity contribution < 1.29 is 18.0 Å². The molecule has 0 radical (unpaired) electrons. The van der Waals surface area contributed by atoms with Crippen molar-refractivity contribution >= 4 is 33.2 Å². The highest BCUT2D eigenvalue weighted by atomic mass is 32.2. The molecule has 3 aliphatic rings. The lowest BCUT2D eigenvalue weighted by Crippen LogP contribution is -2.57. The number of rotatable bonds is 5. The van der Waals surface area contributed by atoms with Crippen LogP contribution in [0.4, 0.5) is 11.4 Å². The van der Waals surface area contributed by atoms with Crippen LogP contribution >= 0.6 is 0 Å². The van der Waals surface area contributed by atoms with Gasteiger partial charge in [0.25, 0.3) is 0 Å². The van der Waals surface area contributed by atoms with Gasteiger partial charge in [0, 0.05) is 26.7 Å². The summed E-state index contributed by atoms with van der Waals surface area (Å²) in [6.07, 6.45) is 4.65. The second-order valence-corrected chi connectivity index (χ2v) is 10.1. The Morgan fingerprint density at radius 3 is 2.61 bits per heavy atom. The van der Waals surface area contributed by atoms with Crippen molar-refractivity contribution in [3.63, 3.8) is 0 Å². The quantitative estimate of drug-likeness (QED) is 0.785. The minimum Gasteiger partial charge on any atom is -0.358 e. The minimum atomic E-state index is -3.64. The van der Waals surface area contributed by atoms with Gasteiger partial charge in [0.15, 0.2) is 0 Å². The predicted octanol–water partition coefficient (Wildman–Crippen LogP) is 0.921. The van der Waals surface area contributed by atoms with E-state index in [4.69, 9.17) is 0 Å². The highest BCUT2D eigenvalue weighted by molar-refractivity contribution is 7.89. The Morgan fingerprint density at radius 1 is 1.18 bits per heavy atom.